The summed E-state index contributed by atoms with van der Waals surface area (Å²) in [4.78, 5) is 27.1. The first-order valence-electron chi connectivity index (χ1n) is 8.24. The number of nitrogens with zero attached hydrogens (tertiary/aromatic N) is 2. The largest absolute Gasteiger partial charge is 0.485 e. The van der Waals surface area contributed by atoms with Gasteiger partial charge in [0.1, 0.15) is 11.9 Å². The van der Waals surface area contributed by atoms with Gasteiger partial charge in [0, 0.05) is 33.1 Å². The number of likely N-dealkylation sites (N-methyl/N-ethyl adjacent to an activating group) is 2. The fraction of sp³-hybridized carbons (Fsp3) is 0.529. The van der Waals surface area contributed by atoms with Crippen molar-refractivity contribution in [3.63, 3.8) is 0 Å². The number of imide groups is 1. The predicted molar refractivity (Wildman–Crippen MR) is 93.5 cm³/mol. The second-order valence-corrected chi connectivity index (χ2v) is 5.89. The van der Waals surface area contributed by atoms with Gasteiger partial charge in [-0.2, -0.15) is 0 Å². The lowest BCUT2D eigenvalue weighted by Crippen LogP contribution is -2.46. The Kier molecular flexibility index (Phi) is 6.43. The summed E-state index contributed by atoms with van der Waals surface area (Å²) in [5.41, 5.74) is 1.13. The number of fused-ring (bicyclic) bond motifs is 1. The maximum atomic E-state index is 11.6. The lowest BCUT2D eigenvalue weighted by atomic mass is 10.2. The summed E-state index contributed by atoms with van der Waals surface area (Å²) in [6.07, 6.45) is 0.317. The number of hydrogen-bond acceptors (Lipinski definition) is 5. The summed E-state index contributed by atoms with van der Waals surface area (Å²) in [5.74, 6) is 0.618. The average molecular weight is 334 g/mol. The smallest absolute Gasteiger partial charge is 0.321 e. The summed E-state index contributed by atoms with van der Waals surface area (Å²) in [6.45, 7) is 5.16. The number of hydrogen-bond donors (Lipinski definition) is 2. The van der Waals surface area contributed by atoms with E-state index < -0.39 is 6.03 Å². The van der Waals surface area contributed by atoms with Gasteiger partial charge in [0.25, 0.3) is 0 Å². The van der Waals surface area contributed by atoms with Crippen LogP contribution in [0.2, 0.25) is 0 Å². The highest BCUT2D eigenvalue weighted by atomic mass is 16.5. The molecule has 0 bridgehead atoms. The van der Waals surface area contributed by atoms with Crippen LogP contribution in [0.5, 0.6) is 5.75 Å². The van der Waals surface area contributed by atoms with Gasteiger partial charge < -0.3 is 19.9 Å². The highest BCUT2D eigenvalue weighted by Gasteiger charge is 2.25. The monoisotopic (exact) mass is 334 g/mol. The summed E-state index contributed by atoms with van der Waals surface area (Å²) in [7, 11) is 3.43. The number of nitrogens with one attached hydrogen (secondary N) is 2. The van der Waals surface area contributed by atoms with Gasteiger partial charge in [0.05, 0.1) is 12.2 Å². The quantitative estimate of drug-likeness (QED) is 0.813. The Morgan fingerprint density at radius 1 is 1.38 bits per heavy atom. The fourth-order valence-corrected chi connectivity index (χ4v) is 2.76. The molecule has 0 aromatic heterocycles. The first-order valence-corrected chi connectivity index (χ1v) is 8.24. The molecule has 2 rings (SSSR count). The molecule has 24 heavy (non-hydrogen) atoms. The third-order valence-electron chi connectivity index (χ3n) is 4.02. The minimum Gasteiger partial charge on any atom is -0.485 e. The van der Waals surface area contributed by atoms with Crippen molar-refractivity contribution in [2.24, 2.45) is 0 Å². The fourth-order valence-electron chi connectivity index (χ4n) is 2.76. The van der Waals surface area contributed by atoms with Gasteiger partial charge in [-0.05, 0) is 26.1 Å². The van der Waals surface area contributed by atoms with E-state index in [4.69, 9.17) is 4.74 Å². The van der Waals surface area contributed by atoms with Crippen molar-refractivity contribution in [3.05, 3.63) is 24.3 Å². The first-order chi connectivity index (χ1) is 11.5. The molecule has 0 saturated carbocycles. The van der Waals surface area contributed by atoms with E-state index in [0.29, 0.717) is 6.54 Å². The molecule has 0 saturated heterocycles. The number of para-hydroxylation sites is 2. The molecular formula is C17H26N4O3. The summed E-state index contributed by atoms with van der Waals surface area (Å²) in [6, 6.07) is 7.57. The van der Waals surface area contributed by atoms with Gasteiger partial charge >= 0.3 is 6.03 Å². The van der Waals surface area contributed by atoms with Crippen LogP contribution in [0, 0.1) is 0 Å². The summed E-state index contributed by atoms with van der Waals surface area (Å²) >= 11 is 0. The van der Waals surface area contributed by atoms with E-state index in [2.05, 4.69) is 33.4 Å². The van der Waals surface area contributed by atoms with Gasteiger partial charge in [-0.1, -0.05) is 12.1 Å². The van der Waals surface area contributed by atoms with Crippen LogP contribution >= 0.6 is 0 Å². The van der Waals surface area contributed by atoms with E-state index in [1.54, 1.807) is 0 Å². The van der Waals surface area contributed by atoms with Crippen LogP contribution in [0.1, 0.15) is 13.3 Å². The minimum atomic E-state index is -0.478. The maximum Gasteiger partial charge on any atom is 0.321 e. The number of carbonyl (C=O) groups excluding carboxylic acids is 2. The van der Waals surface area contributed by atoms with Gasteiger partial charge in [0.2, 0.25) is 5.91 Å². The molecule has 132 valence electrons. The highest BCUT2D eigenvalue weighted by molar-refractivity contribution is 5.94. The number of anilines is 1. The number of benzene rings is 1. The van der Waals surface area contributed by atoms with Crippen molar-refractivity contribution in [3.8, 4) is 5.75 Å². The van der Waals surface area contributed by atoms with Crippen molar-refractivity contribution < 1.29 is 14.3 Å². The third kappa shape index (κ3) is 4.86. The maximum absolute atomic E-state index is 11.6. The van der Waals surface area contributed by atoms with Crippen molar-refractivity contribution in [2.75, 3.05) is 45.2 Å². The molecule has 7 heteroatoms. The summed E-state index contributed by atoms with van der Waals surface area (Å²) < 4.78 is 6.08. The van der Waals surface area contributed by atoms with Gasteiger partial charge in [-0.25, -0.2) is 4.79 Å². The standard InChI is InChI=1S/C17H26N4O3/c1-4-21-12-13(24-15-8-6-5-7-14(15)21)11-20(3)10-9-16(22)19-17(23)18-2/h5-8,13H,4,9-12H2,1-3H3,(H2,18,19,22,23). The molecular weight excluding hydrogens is 308 g/mol. The lowest BCUT2D eigenvalue weighted by molar-refractivity contribution is -0.120. The first kappa shape index (κ1) is 18.1. The van der Waals surface area contributed by atoms with Gasteiger partial charge in [0.15, 0.2) is 0 Å². The molecule has 3 amide bonds. The zero-order valence-electron chi connectivity index (χ0n) is 14.5. The molecule has 7 nitrogen and oxygen atoms in total. The Bertz CT molecular complexity index is 579. The van der Waals surface area contributed by atoms with Crippen LogP contribution in [0.3, 0.4) is 0 Å². The molecule has 2 N–H and O–H groups in total. The molecule has 1 atom stereocenters. The van der Waals surface area contributed by atoms with E-state index in [-0.39, 0.29) is 18.4 Å². The number of urea groups is 1. The van der Waals surface area contributed by atoms with E-state index in [1.807, 2.05) is 25.2 Å². The normalized spacial score (nSPS) is 16.3. The zero-order valence-corrected chi connectivity index (χ0v) is 14.5. The van der Waals surface area contributed by atoms with Crippen molar-refractivity contribution in [1.29, 1.82) is 0 Å². The van der Waals surface area contributed by atoms with Crippen LogP contribution in [0.15, 0.2) is 24.3 Å². The number of carbonyl (C=O) groups is 2. The van der Waals surface area contributed by atoms with Gasteiger partial charge in [-0.3, -0.25) is 10.1 Å². The van der Waals surface area contributed by atoms with Crippen LogP contribution in [0.4, 0.5) is 10.5 Å². The van der Waals surface area contributed by atoms with Crippen molar-refractivity contribution in [2.45, 2.75) is 19.4 Å². The Morgan fingerprint density at radius 3 is 2.83 bits per heavy atom. The molecule has 0 aliphatic carbocycles. The molecule has 1 heterocycles. The molecule has 1 unspecified atom stereocenters. The second-order valence-electron chi connectivity index (χ2n) is 5.89. The Hall–Kier alpha value is -2.28. The number of amides is 3. The highest BCUT2D eigenvalue weighted by Crippen LogP contribution is 2.32. The molecule has 0 fully saturated rings. The SMILES string of the molecule is CCN1CC(CN(C)CCC(=O)NC(=O)NC)Oc2ccccc21. The van der Waals surface area contributed by atoms with Crippen LogP contribution in [0.25, 0.3) is 0 Å². The molecule has 1 aromatic rings. The Labute approximate surface area is 142 Å². The lowest BCUT2D eigenvalue weighted by Gasteiger charge is -2.37. The predicted octanol–water partition coefficient (Wildman–Crippen LogP) is 1.05. The minimum absolute atomic E-state index is 0.0480. The second kappa shape index (κ2) is 8.54. The van der Waals surface area contributed by atoms with E-state index in [9.17, 15) is 9.59 Å². The zero-order chi connectivity index (χ0) is 17.5. The molecule has 0 spiro atoms. The van der Waals surface area contributed by atoms with Crippen molar-refractivity contribution >= 4 is 17.6 Å². The molecule has 1 aliphatic heterocycles. The van der Waals surface area contributed by atoms with E-state index in [1.165, 1.54) is 7.05 Å². The molecule has 1 aromatic carbocycles. The number of rotatable bonds is 6. The van der Waals surface area contributed by atoms with E-state index >= 15 is 0 Å². The Balaban J connectivity index is 1.83. The molecule has 0 radical (unpaired) electrons. The van der Waals surface area contributed by atoms with Crippen molar-refractivity contribution in [1.82, 2.24) is 15.5 Å². The van der Waals surface area contributed by atoms with Crippen LogP contribution < -0.4 is 20.3 Å². The topological polar surface area (TPSA) is 73.9 Å². The average Bonchev–Trinajstić information content (AvgIpc) is 2.59. The summed E-state index contributed by atoms with van der Waals surface area (Å²) in [5, 5.41) is 4.62. The Morgan fingerprint density at radius 2 is 2.12 bits per heavy atom. The van der Waals surface area contributed by atoms with Gasteiger partial charge in [-0.15, -0.1) is 0 Å². The third-order valence-corrected chi connectivity index (χ3v) is 4.02. The van der Waals surface area contributed by atoms with Crippen LogP contribution in [-0.2, 0) is 4.79 Å². The van der Waals surface area contributed by atoms with Crippen LogP contribution in [-0.4, -0.2) is 63.2 Å². The van der Waals surface area contributed by atoms with E-state index in [0.717, 1.165) is 31.1 Å². The molecule has 1 aliphatic rings. The number of ether oxygens (including phenoxy) is 1.